The Morgan fingerprint density at radius 1 is 1.15 bits per heavy atom. The maximum Gasteiger partial charge on any atom is 0.342 e. The maximum absolute atomic E-state index is 12.2. The molecule has 0 radical (unpaired) electrons. The van der Waals surface area contributed by atoms with E-state index in [4.69, 9.17) is 14.2 Å². The number of aromatic nitrogens is 1. The minimum atomic E-state index is -0.586. The van der Waals surface area contributed by atoms with Crippen molar-refractivity contribution in [1.82, 2.24) is 4.98 Å². The van der Waals surface area contributed by atoms with Crippen LogP contribution in [0.5, 0.6) is 17.2 Å². The second-order valence-corrected chi connectivity index (χ2v) is 6.62. The summed E-state index contributed by atoms with van der Waals surface area (Å²) < 4.78 is 15.8. The molecule has 0 bridgehead atoms. The van der Waals surface area contributed by atoms with Crippen LogP contribution < -0.4 is 9.47 Å². The monoisotopic (exact) mass is 385 g/mol. The van der Waals surface area contributed by atoms with E-state index in [0.29, 0.717) is 22.8 Å². The molecule has 2 aromatic carbocycles. The quantitative estimate of drug-likeness (QED) is 0.641. The van der Waals surface area contributed by atoms with Gasteiger partial charge in [0.05, 0.1) is 19.9 Å². The van der Waals surface area contributed by atoms with Gasteiger partial charge in [0.25, 0.3) is 0 Å². The highest BCUT2D eigenvalue weighted by Gasteiger charge is 2.15. The summed E-state index contributed by atoms with van der Waals surface area (Å²) in [5.41, 5.74) is 2.27. The molecule has 0 amide bonds. The number of benzene rings is 2. The van der Waals surface area contributed by atoms with E-state index in [9.17, 15) is 9.90 Å². The van der Waals surface area contributed by atoms with Crippen LogP contribution in [0.1, 0.15) is 21.6 Å². The number of thiazole rings is 1. The van der Waals surface area contributed by atoms with Gasteiger partial charge < -0.3 is 19.3 Å². The van der Waals surface area contributed by atoms with Crippen LogP contribution in [0.4, 0.5) is 0 Å². The number of nitrogens with zero attached hydrogens (tertiary/aromatic N) is 1. The first kappa shape index (κ1) is 18.7. The lowest BCUT2D eigenvalue weighted by atomic mass is 10.1. The zero-order valence-electron chi connectivity index (χ0n) is 15.2. The minimum absolute atomic E-state index is 0.0238. The number of carbonyl (C=O) groups is 1. The summed E-state index contributed by atoms with van der Waals surface area (Å²) in [4.78, 5) is 16.7. The van der Waals surface area contributed by atoms with Crippen LogP contribution in [0.3, 0.4) is 0 Å². The fraction of sp³-hybridized carbons (Fsp3) is 0.200. The van der Waals surface area contributed by atoms with E-state index in [1.165, 1.54) is 17.4 Å². The summed E-state index contributed by atoms with van der Waals surface area (Å²) in [7, 11) is 3.16. The van der Waals surface area contributed by atoms with Gasteiger partial charge in [0.15, 0.2) is 11.5 Å². The number of hydrogen-bond donors (Lipinski definition) is 1. The van der Waals surface area contributed by atoms with Crippen molar-refractivity contribution in [2.75, 3.05) is 14.2 Å². The Bertz CT molecular complexity index is 967. The van der Waals surface area contributed by atoms with Gasteiger partial charge in [-0.2, -0.15) is 0 Å². The van der Waals surface area contributed by atoms with Crippen LogP contribution in [-0.4, -0.2) is 30.3 Å². The third-order valence-electron chi connectivity index (χ3n) is 3.99. The Balaban J connectivity index is 1.71. The molecule has 140 valence electrons. The topological polar surface area (TPSA) is 77.9 Å². The fourth-order valence-electron chi connectivity index (χ4n) is 2.52. The minimum Gasteiger partial charge on any atom is -0.507 e. The van der Waals surface area contributed by atoms with E-state index in [1.807, 2.05) is 23.6 Å². The van der Waals surface area contributed by atoms with Crippen LogP contribution >= 0.6 is 11.3 Å². The first-order valence-electron chi connectivity index (χ1n) is 8.16. The molecule has 0 spiro atoms. The van der Waals surface area contributed by atoms with Gasteiger partial charge in [-0.1, -0.05) is 12.1 Å². The Morgan fingerprint density at radius 3 is 2.67 bits per heavy atom. The lowest BCUT2D eigenvalue weighted by Crippen LogP contribution is -2.06. The van der Waals surface area contributed by atoms with Crippen molar-refractivity contribution >= 4 is 17.3 Å². The van der Waals surface area contributed by atoms with Crippen LogP contribution in [0.15, 0.2) is 41.8 Å². The first-order chi connectivity index (χ1) is 13.0. The molecule has 1 aromatic heterocycles. The molecule has 0 saturated carbocycles. The summed E-state index contributed by atoms with van der Waals surface area (Å²) in [6, 6.07) is 10.5. The number of carbonyl (C=O) groups excluding carboxylic acids is 1. The van der Waals surface area contributed by atoms with Crippen LogP contribution in [-0.2, 0) is 11.3 Å². The number of aromatic hydroxyl groups is 1. The van der Waals surface area contributed by atoms with Gasteiger partial charge in [-0.3, -0.25) is 0 Å². The Hall–Kier alpha value is -3.06. The molecule has 0 unspecified atom stereocenters. The molecule has 7 heteroatoms. The number of hydrogen-bond acceptors (Lipinski definition) is 7. The van der Waals surface area contributed by atoms with E-state index in [0.717, 1.165) is 10.6 Å². The molecule has 3 aromatic rings. The number of methoxy groups -OCH3 is 2. The van der Waals surface area contributed by atoms with Crippen LogP contribution in [0.25, 0.3) is 10.6 Å². The van der Waals surface area contributed by atoms with Gasteiger partial charge in [-0.25, -0.2) is 9.78 Å². The van der Waals surface area contributed by atoms with Crippen molar-refractivity contribution in [3.05, 3.63) is 58.6 Å². The number of para-hydroxylation sites is 1. The smallest absolute Gasteiger partial charge is 0.342 e. The van der Waals surface area contributed by atoms with E-state index < -0.39 is 5.97 Å². The lowest BCUT2D eigenvalue weighted by Gasteiger charge is -2.08. The zero-order valence-corrected chi connectivity index (χ0v) is 16.0. The molecule has 1 N–H and O–H groups in total. The van der Waals surface area contributed by atoms with Gasteiger partial charge in [0, 0.05) is 10.9 Å². The molecule has 0 aliphatic rings. The van der Waals surface area contributed by atoms with Crippen molar-refractivity contribution in [1.29, 1.82) is 0 Å². The average molecular weight is 385 g/mol. The Labute approximate surface area is 161 Å². The molecular formula is C20H19NO5S. The van der Waals surface area contributed by atoms with Crippen LogP contribution in [0.2, 0.25) is 0 Å². The number of phenolic OH excluding ortho intramolecular Hbond substituents is 1. The Kier molecular flexibility index (Phi) is 5.61. The van der Waals surface area contributed by atoms with Crippen molar-refractivity contribution in [2.24, 2.45) is 0 Å². The molecule has 3 rings (SSSR count). The fourth-order valence-corrected chi connectivity index (χ4v) is 3.32. The van der Waals surface area contributed by atoms with E-state index in [1.54, 1.807) is 33.3 Å². The number of aryl methyl sites for hydroxylation is 1. The highest BCUT2D eigenvalue weighted by molar-refractivity contribution is 7.13. The van der Waals surface area contributed by atoms with E-state index >= 15 is 0 Å². The molecule has 6 nitrogen and oxygen atoms in total. The lowest BCUT2D eigenvalue weighted by molar-refractivity contribution is 0.0465. The molecule has 0 fully saturated rings. The van der Waals surface area contributed by atoms with Crippen molar-refractivity contribution in [3.63, 3.8) is 0 Å². The molecule has 1 heterocycles. The van der Waals surface area contributed by atoms with Gasteiger partial charge in [0.1, 0.15) is 22.9 Å². The SMILES string of the molecule is COc1ccc(-c2nc(COC(=O)c3cccc(C)c3O)cs2)cc1OC. The predicted molar refractivity (Wildman–Crippen MR) is 103 cm³/mol. The molecule has 0 aliphatic carbocycles. The van der Waals surface area contributed by atoms with Gasteiger partial charge in [0.2, 0.25) is 0 Å². The molecular weight excluding hydrogens is 366 g/mol. The zero-order chi connectivity index (χ0) is 19.4. The normalized spacial score (nSPS) is 10.5. The average Bonchev–Trinajstić information content (AvgIpc) is 3.16. The standard InChI is InChI=1S/C20H19NO5S/c1-12-5-4-6-15(18(12)22)20(23)26-10-14-11-27-19(21-14)13-7-8-16(24-2)17(9-13)25-3/h4-9,11,22H,10H2,1-3H3. The van der Waals surface area contributed by atoms with E-state index in [2.05, 4.69) is 4.98 Å². The molecule has 27 heavy (non-hydrogen) atoms. The summed E-state index contributed by atoms with van der Waals surface area (Å²) in [5.74, 6) is 0.613. The summed E-state index contributed by atoms with van der Waals surface area (Å²) in [6.07, 6.45) is 0. The molecule has 0 atom stereocenters. The third-order valence-corrected chi connectivity index (χ3v) is 4.93. The number of phenols is 1. The second kappa shape index (κ2) is 8.09. The van der Waals surface area contributed by atoms with Crippen molar-refractivity contribution in [3.8, 4) is 27.8 Å². The Morgan fingerprint density at radius 2 is 1.93 bits per heavy atom. The number of ether oxygens (including phenoxy) is 3. The van der Waals surface area contributed by atoms with E-state index in [-0.39, 0.29) is 17.9 Å². The van der Waals surface area contributed by atoms with Gasteiger partial charge in [-0.15, -0.1) is 11.3 Å². The summed E-state index contributed by atoms with van der Waals surface area (Å²) >= 11 is 1.44. The number of rotatable bonds is 6. The van der Waals surface area contributed by atoms with Crippen molar-refractivity contribution < 1.29 is 24.1 Å². The molecule has 0 aliphatic heterocycles. The highest BCUT2D eigenvalue weighted by atomic mass is 32.1. The predicted octanol–water partition coefficient (Wildman–Crippen LogP) is 4.20. The van der Waals surface area contributed by atoms with Crippen molar-refractivity contribution in [2.45, 2.75) is 13.5 Å². The number of esters is 1. The van der Waals surface area contributed by atoms with Crippen LogP contribution in [0, 0.1) is 6.92 Å². The van der Waals surface area contributed by atoms with Gasteiger partial charge in [-0.05, 0) is 36.8 Å². The summed E-state index contributed by atoms with van der Waals surface area (Å²) in [5, 5.41) is 12.6. The maximum atomic E-state index is 12.2. The molecule has 0 saturated heterocycles. The second-order valence-electron chi connectivity index (χ2n) is 5.76. The van der Waals surface area contributed by atoms with Gasteiger partial charge >= 0.3 is 5.97 Å². The first-order valence-corrected chi connectivity index (χ1v) is 9.04. The summed E-state index contributed by atoms with van der Waals surface area (Å²) in [6.45, 7) is 1.75. The largest absolute Gasteiger partial charge is 0.507 e. The third kappa shape index (κ3) is 4.03. The highest BCUT2D eigenvalue weighted by Crippen LogP contribution is 2.33.